The minimum atomic E-state index is -3.33. The molecule has 0 aliphatic carbocycles. The Morgan fingerprint density at radius 3 is 2.65 bits per heavy atom. The van der Waals surface area contributed by atoms with E-state index in [2.05, 4.69) is 12.2 Å². The number of nitrogens with zero attached hydrogens (tertiary/aromatic N) is 2. The molecule has 1 aromatic heterocycles. The molecule has 0 bridgehead atoms. The second-order valence-electron chi connectivity index (χ2n) is 4.91. The largest absolute Gasteiger partial charge is 0.349 e. The Bertz CT molecular complexity index is 510. The maximum Gasteiger partial charge on any atom is 0.244 e. The summed E-state index contributed by atoms with van der Waals surface area (Å²) in [7, 11) is -1.45. The topological polar surface area (TPSA) is 54.3 Å². The van der Waals surface area contributed by atoms with Crippen LogP contribution >= 0.6 is 11.8 Å². The van der Waals surface area contributed by atoms with Gasteiger partial charge < -0.3 is 9.88 Å². The van der Waals surface area contributed by atoms with E-state index >= 15 is 0 Å². The van der Waals surface area contributed by atoms with Crippen molar-refractivity contribution >= 4 is 21.8 Å². The third-order valence-electron chi connectivity index (χ3n) is 3.39. The molecule has 2 heterocycles. The second kappa shape index (κ2) is 6.98. The van der Waals surface area contributed by atoms with Crippen LogP contribution in [0.5, 0.6) is 0 Å². The predicted molar refractivity (Wildman–Crippen MR) is 83.6 cm³/mol. The van der Waals surface area contributed by atoms with Crippen LogP contribution < -0.4 is 5.32 Å². The van der Waals surface area contributed by atoms with E-state index in [1.54, 1.807) is 10.5 Å². The molecule has 5 nitrogen and oxygen atoms in total. The molecule has 0 aromatic carbocycles. The van der Waals surface area contributed by atoms with Crippen molar-refractivity contribution in [3.8, 4) is 0 Å². The SMILES string of the molecule is CCCn1cc(S(=O)(=O)N2CCSCC2)cc1CNC. The highest BCUT2D eigenvalue weighted by atomic mass is 32.2. The fraction of sp³-hybridized carbons (Fsp3) is 0.692. The van der Waals surface area contributed by atoms with E-state index in [1.165, 1.54) is 0 Å². The van der Waals surface area contributed by atoms with Crippen molar-refractivity contribution in [3.63, 3.8) is 0 Å². The van der Waals surface area contributed by atoms with Gasteiger partial charge >= 0.3 is 0 Å². The predicted octanol–water partition coefficient (Wildman–Crippen LogP) is 1.35. The molecule has 1 aliphatic rings. The molecule has 7 heteroatoms. The van der Waals surface area contributed by atoms with Gasteiger partial charge in [0.05, 0.1) is 0 Å². The molecule has 1 saturated heterocycles. The van der Waals surface area contributed by atoms with Gasteiger partial charge in [-0.15, -0.1) is 0 Å². The highest BCUT2D eigenvalue weighted by Crippen LogP contribution is 2.22. The van der Waals surface area contributed by atoms with Gasteiger partial charge in [0.15, 0.2) is 0 Å². The number of aromatic nitrogens is 1. The zero-order valence-electron chi connectivity index (χ0n) is 12.1. The lowest BCUT2D eigenvalue weighted by molar-refractivity contribution is 0.443. The first kappa shape index (κ1) is 15.9. The van der Waals surface area contributed by atoms with Crippen molar-refractivity contribution in [3.05, 3.63) is 18.0 Å². The minimum Gasteiger partial charge on any atom is -0.349 e. The van der Waals surface area contributed by atoms with Gasteiger partial charge in [-0.2, -0.15) is 16.1 Å². The summed E-state index contributed by atoms with van der Waals surface area (Å²) in [5, 5.41) is 3.09. The lowest BCUT2D eigenvalue weighted by atomic mass is 10.4. The average molecular weight is 317 g/mol. The van der Waals surface area contributed by atoms with Gasteiger partial charge in [-0.1, -0.05) is 6.92 Å². The molecule has 1 aliphatic heterocycles. The molecule has 0 spiro atoms. The van der Waals surface area contributed by atoms with Gasteiger partial charge in [0.25, 0.3) is 0 Å². The smallest absolute Gasteiger partial charge is 0.244 e. The number of hydrogen-bond donors (Lipinski definition) is 1. The average Bonchev–Trinajstić information content (AvgIpc) is 2.85. The van der Waals surface area contributed by atoms with Gasteiger partial charge in [0.2, 0.25) is 10.0 Å². The van der Waals surface area contributed by atoms with E-state index in [0.29, 0.717) is 24.5 Å². The fourth-order valence-corrected chi connectivity index (χ4v) is 5.02. The maximum atomic E-state index is 12.6. The Morgan fingerprint density at radius 2 is 2.05 bits per heavy atom. The highest BCUT2D eigenvalue weighted by Gasteiger charge is 2.27. The number of thioether (sulfide) groups is 1. The lowest BCUT2D eigenvalue weighted by Crippen LogP contribution is -2.37. The molecular weight excluding hydrogens is 294 g/mol. The number of rotatable bonds is 6. The summed E-state index contributed by atoms with van der Waals surface area (Å²) in [6.45, 7) is 4.87. The Labute approximate surface area is 125 Å². The molecule has 114 valence electrons. The van der Waals surface area contributed by atoms with Crippen molar-refractivity contribution in [2.45, 2.75) is 31.3 Å². The second-order valence-corrected chi connectivity index (χ2v) is 8.07. The first-order valence-corrected chi connectivity index (χ1v) is 9.60. The zero-order valence-corrected chi connectivity index (χ0v) is 13.8. The summed E-state index contributed by atoms with van der Waals surface area (Å²) in [6, 6.07) is 1.81. The molecule has 0 atom stereocenters. The normalized spacial score (nSPS) is 17.5. The van der Waals surface area contributed by atoms with Gasteiger partial charge in [0, 0.05) is 49.6 Å². The van der Waals surface area contributed by atoms with Gasteiger partial charge in [-0.25, -0.2) is 8.42 Å². The molecule has 0 radical (unpaired) electrons. The van der Waals surface area contributed by atoms with Crippen LogP contribution in [-0.2, 0) is 23.1 Å². The summed E-state index contributed by atoms with van der Waals surface area (Å²) >= 11 is 1.81. The number of sulfonamides is 1. The van der Waals surface area contributed by atoms with E-state index < -0.39 is 10.0 Å². The third-order valence-corrected chi connectivity index (χ3v) is 6.20. The van der Waals surface area contributed by atoms with Crippen molar-refractivity contribution in [1.82, 2.24) is 14.2 Å². The first-order chi connectivity index (χ1) is 9.59. The van der Waals surface area contributed by atoms with Crippen LogP contribution in [0, 0.1) is 0 Å². The van der Waals surface area contributed by atoms with Crippen LogP contribution in [0.25, 0.3) is 0 Å². The highest BCUT2D eigenvalue weighted by molar-refractivity contribution is 7.99. The Morgan fingerprint density at radius 1 is 1.35 bits per heavy atom. The first-order valence-electron chi connectivity index (χ1n) is 7.01. The van der Waals surface area contributed by atoms with Crippen LogP contribution in [0.2, 0.25) is 0 Å². The van der Waals surface area contributed by atoms with E-state index in [1.807, 2.05) is 29.4 Å². The Balaban J connectivity index is 2.28. The number of nitrogens with one attached hydrogen (secondary N) is 1. The summed E-state index contributed by atoms with van der Waals surface area (Å²) in [5.74, 6) is 1.77. The maximum absolute atomic E-state index is 12.6. The summed E-state index contributed by atoms with van der Waals surface area (Å²) in [6.07, 6.45) is 2.78. The standard InChI is InChI=1S/C13H23N3O2S2/c1-3-4-15-11-13(9-12(15)10-14-2)20(17,18)16-5-7-19-8-6-16/h9,11,14H,3-8,10H2,1-2H3. The quantitative estimate of drug-likeness (QED) is 0.861. The van der Waals surface area contributed by atoms with E-state index in [9.17, 15) is 8.42 Å². The molecule has 2 rings (SSSR count). The van der Waals surface area contributed by atoms with Crippen molar-refractivity contribution in [2.75, 3.05) is 31.6 Å². The molecule has 0 unspecified atom stereocenters. The fourth-order valence-electron chi connectivity index (χ4n) is 2.38. The van der Waals surface area contributed by atoms with Gasteiger partial charge in [-0.05, 0) is 19.5 Å². The molecule has 0 amide bonds. The third kappa shape index (κ3) is 3.39. The summed E-state index contributed by atoms with van der Waals surface area (Å²) in [5.41, 5.74) is 1.03. The van der Waals surface area contributed by atoms with Crippen LogP contribution in [0.1, 0.15) is 19.0 Å². The van der Waals surface area contributed by atoms with Crippen molar-refractivity contribution in [1.29, 1.82) is 0 Å². The van der Waals surface area contributed by atoms with Gasteiger partial charge in [0.1, 0.15) is 4.90 Å². The van der Waals surface area contributed by atoms with Crippen molar-refractivity contribution < 1.29 is 8.42 Å². The molecule has 20 heavy (non-hydrogen) atoms. The molecule has 0 saturated carbocycles. The summed E-state index contributed by atoms with van der Waals surface area (Å²) < 4.78 is 28.9. The van der Waals surface area contributed by atoms with Crippen molar-refractivity contribution in [2.24, 2.45) is 0 Å². The van der Waals surface area contributed by atoms with Crippen LogP contribution in [-0.4, -0.2) is 48.9 Å². The molecule has 1 aromatic rings. The Kier molecular flexibility index (Phi) is 5.54. The van der Waals surface area contributed by atoms with Crippen LogP contribution in [0.4, 0.5) is 0 Å². The lowest BCUT2D eigenvalue weighted by Gasteiger charge is -2.25. The van der Waals surface area contributed by atoms with E-state index in [4.69, 9.17) is 0 Å². The minimum absolute atomic E-state index is 0.433. The molecule has 1 fully saturated rings. The number of hydrogen-bond acceptors (Lipinski definition) is 4. The van der Waals surface area contributed by atoms with E-state index in [-0.39, 0.29) is 0 Å². The monoisotopic (exact) mass is 317 g/mol. The molecule has 1 N–H and O–H groups in total. The molecular formula is C13H23N3O2S2. The Hall–Kier alpha value is -0.500. The zero-order chi connectivity index (χ0) is 14.6. The van der Waals surface area contributed by atoms with E-state index in [0.717, 1.165) is 30.2 Å². The van der Waals surface area contributed by atoms with Gasteiger partial charge in [-0.3, -0.25) is 0 Å². The summed E-state index contributed by atoms with van der Waals surface area (Å²) in [4.78, 5) is 0.433. The number of aryl methyl sites for hydroxylation is 1. The van der Waals surface area contributed by atoms with Crippen LogP contribution in [0.3, 0.4) is 0 Å². The van der Waals surface area contributed by atoms with Crippen LogP contribution in [0.15, 0.2) is 17.2 Å².